The van der Waals surface area contributed by atoms with Crippen LogP contribution in [-0.2, 0) is 4.74 Å². The molecule has 4 heteroatoms. The second-order valence-corrected chi connectivity index (χ2v) is 2.27. The van der Waals surface area contributed by atoms with Crippen LogP contribution in [0.15, 0.2) is 17.1 Å². The third kappa shape index (κ3) is 1.65. The Morgan fingerprint density at radius 1 is 1.60 bits per heavy atom. The molecule has 0 spiro atoms. The van der Waals surface area contributed by atoms with Crippen molar-refractivity contribution in [3.05, 3.63) is 12.0 Å². The third-order valence-corrected chi connectivity index (χ3v) is 0.892. The fourth-order valence-electron chi connectivity index (χ4n) is 0.590. The van der Waals surface area contributed by atoms with E-state index in [1.807, 2.05) is 13.8 Å². The summed E-state index contributed by atoms with van der Waals surface area (Å²) in [6.45, 7) is 3.84. The molecular formula is C6H10N3O. The summed E-state index contributed by atoms with van der Waals surface area (Å²) in [6.07, 6.45) is 1.72. The monoisotopic (exact) mass is 140 g/mol. The van der Waals surface area contributed by atoms with Gasteiger partial charge in [-0.15, -0.1) is 10.5 Å². The highest BCUT2D eigenvalue weighted by molar-refractivity contribution is 5.92. The topological polar surface area (TPSA) is 61.7 Å². The predicted molar refractivity (Wildman–Crippen MR) is 38.1 cm³/mol. The van der Waals surface area contributed by atoms with Crippen molar-refractivity contribution in [3.63, 3.8) is 0 Å². The lowest BCUT2D eigenvalue weighted by Crippen LogP contribution is -2.06. The molecular weight excluding hydrogens is 130 g/mol. The first kappa shape index (κ1) is 6.92. The van der Waals surface area contributed by atoms with Crippen LogP contribution in [0.3, 0.4) is 0 Å². The zero-order valence-corrected chi connectivity index (χ0v) is 6.03. The van der Waals surface area contributed by atoms with Crippen molar-refractivity contribution in [2.45, 2.75) is 20.0 Å². The molecule has 0 unspecified atom stereocenters. The van der Waals surface area contributed by atoms with Gasteiger partial charge in [-0.1, -0.05) is 0 Å². The Bertz CT molecular complexity index is 183. The van der Waals surface area contributed by atoms with Crippen LogP contribution in [-0.4, -0.2) is 11.9 Å². The van der Waals surface area contributed by atoms with Gasteiger partial charge in [0.05, 0.1) is 6.10 Å². The summed E-state index contributed by atoms with van der Waals surface area (Å²) in [5.74, 6) is 0.892. The molecule has 0 aromatic carbocycles. The Hall–Kier alpha value is -1.19. The van der Waals surface area contributed by atoms with Crippen LogP contribution in [0, 0.1) is 0 Å². The van der Waals surface area contributed by atoms with Crippen LogP contribution >= 0.6 is 0 Å². The first-order valence-electron chi connectivity index (χ1n) is 3.11. The van der Waals surface area contributed by atoms with E-state index in [1.54, 1.807) is 6.08 Å². The van der Waals surface area contributed by atoms with Crippen molar-refractivity contribution in [1.29, 1.82) is 0 Å². The number of ether oxygens (including phenoxy) is 1. The second kappa shape index (κ2) is 2.60. The van der Waals surface area contributed by atoms with Gasteiger partial charge < -0.3 is 10.5 Å². The Balaban J connectivity index is 2.41. The van der Waals surface area contributed by atoms with Crippen molar-refractivity contribution in [1.82, 2.24) is 5.43 Å². The molecule has 0 aromatic heterocycles. The van der Waals surface area contributed by atoms with Gasteiger partial charge in [0.25, 0.3) is 0 Å². The quantitative estimate of drug-likeness (QED) is 0.593. The number of hydrogen-bond donors (Lipinski definition) is 1. The first-order chi connectivity index (χ1) is 4.68. The van der Waals surface area contributed by atoms with E-state index >= 15 is 0 Å². The standard InChI is InChI=1S/C6H10N3O/c1-4(2)10-6-3-5(7)8-9-6/h3-4H,1-2H3,(H2,7,8). The van der Waals surface area contributed by atoms with E-state index in [0.29, 0.717) is 11.7 Å². The summed E-state index contributed by atoms with van der Waals surface area (Å²) in [5.41, 5.74) is 8.96. The van der Waals surface area contributed by atoms with Gasteiger partial charge in [-0.25, -0.2) is 0 Å². The van der Waals surface area contributed by atoms with E-state index < -0.39 is 0 Å². The molecule has 0 fully saturated rings. The van der Waals surface area contributed by atoms with Crippen LogP contribution in [0.25, 0.3) is 0 Å². The zero-order chi connectivity index (χ0) is 7.56. The van der Waals surface area contributed by atoms with Crippen molar-refractivity contribution in [3.8, 4) is 0 Å². The molecule has 0 saturated heterocycles. The van der Waals surface area contributed by atoms with E-state index in [0.717, 1.165) is 0 Å². The van der Waals surface area contributed by atoms with Crippen molar-refractivity contribution < 1.29 is 4.74 Å². The smallest absolute Gasteiger partial charge is 0.237 e. The van der Waals surface area contributed by atoms with Crippen LogP contribution in [0.2, 0.25) is 0 Å². The highest BCUT2D eigenvalue weighted by Crippen LogP contribution is 2.03. The molecule has 10 heavy (non-hydrogen) atoms. The van der Waals surface area contributed by atoms with Gasteiger partial charge in [0, 0.05) is 6.08 Å². The Kier molecular flexibility index (Phi) is 1.80. The molecule has 1 aliphatic heterocycles. The minimum absolute atomic E-state index is 0.121. The summed E-state index contributed by atoms with van der Waals surface area (Å²) in [6, 6.07) is 0. The summed E-state index contributed by atoms with van der Waals surface area (Å²) in [7, 11) is 0. The molecule has 0 atom stereocenters. The average Bonchev–Trinajstić information content (AvgIpc) is 2.13. The molecule has 0 amide bonds. The number of nitrogens with zero attached hydrogens (tertiary/aromatic N) is 2. The predicted octanol–water partition coefficient (Wildman–Crippen LogP) is 0.143. The highest BCUT2D eigenvalue weighted by atomic mass is 16.5. The Morgan fingerprint density at radius 2 is 2.30 bits per heavy atom. The van der Waals surface area contributed by atoms with Crippen molar-refractivity contribution >= 4 is 5.84 Å². The molecule has 1 aliphatic rings. The molecule has 1 rings (SSSR count). The summed E-state index contributed by atoms with van der Waals surface area (Å²) < 4.78 is 5.18. The number of nitrogens with two attached hydrogens (primary N) is 1. The van der Waals surface area contributed by atoms with E-state index in [1.165, 1.54) is 0 Å². The molecule has 0 saturated carbocycles. The lowest BCUT2D eigenvalue weighted by atomic mass is 10.5. The van der Waals surface area contributed by atoms with E-state index in [9.17, 15) is 0 Å². The van der Waals surface area contributed by atoms with Gasteiger partial charge in [0.2, 0.25) is 5.88 Å². The molecule has 0 bridgehead atoms. The molecule has 1 radical (unpaired) electrons. The molecule has 4 nitrogen and oxygen atoms in total. The molecule has 2 N–H and O–H groups in total. The van der Waals surface area contributed by atoms with Crippen LogP contribution < -0.4 is 11.2 Å². The summed E-state index contributed by atoms with van der Waals surface area (Å²) in [5, 5.41) is 3.57. The zero-order valence-electron chi connectivity index (χ0n) is 6.03. The van der Waals surface area contributed by atoms with Gasteiger partial charge in [-0.3, -0.25) is 0 Å². The Morgan fingerprint density at radius 3 is 2.70 bits per heavy atom. The maximum absolute atomic E-state index is 5.30. The van der Waals surface area contributed by atoms with Gasteiger partial charge in [-0.2, -0.15) is 0 Å². The minimum atomic E-state index is 0.121. The number of amidine groups is 1. The van der Waals surface area contributed by atoms with Crippen molar-refractivity contribution in [2.75, 3.05) is 0 Å². The minimum Gasteiger partial charge on any atom is -0.474 e. The largest absolute Gasteiger partial charge is 0.474 e. The van der Waals surface area contributed by atoms with E-state index in [-0.39, 0.29) is 6.10 Å². The number of rotatable bonds is 2. The maximum atomic E-state index is 5.30. The highest BCUT2D eigenvalue weighted by Gasteiger charge is 2.08. The fourth-order valence-corrected chi connectivity index (χ4v) is 0.590. The SMILES string of the molecule is CC(C)OC1=CC(N)=N[N]1. The second-order valence-electron chi connectivity index (χ2n) is 2.27. The summed E-state index contributed by atoms with van der Waals surface area (Å²) in [4.78, 5) is 0. The molecule has 55 valence electrons. The average molecular weight is 140 g/mol. The van der Waals surface area contributed by atoms with Crippen LogP contribution in [0.5, 0.6) is 0 Å². The third-order valence-electron chi connectivity index (χ3n) is 0.892. The first-order valence-corrected chi connectivity index (χ1v) is 3.11. The number of hydrogen-bond acceptors (Lipinski definition) is 3. The molecule has 1 heterocycles. The summed E-state index contributed by atoms with van der Waals surface area (Å²) >= 11 is 0. The van der Waals surface area contributed by atoms with Gasteiger partial charge >= 0.3 is 0 Å². The van der Waals surface area contributed by atoms with Gasteiger partial charge in [0.15, 0.2) is 5.84 Å². The maximum Gasteiger partial charge on any atom is 0.237 e. The lowest BCUT2D eigenvalue weighted by Gasteiger charge is -2.06. The van der Waals surface area contributed by atoms with Crippen molar-refractivity contribution in [2.24, 2.45) is 10.8 Å². The normalized spacial score (nSPS) is 16.3. The van der Waals surface area contributed by atoms with Crippen LogP contribution in [0.4, 0.5) is 0 Å². The fraction of sp³-hybridized carbons (Fsp3) is 0.500. The molecule has 0 aliphatic carbocycles. The van der Waals surface area contributed by atoms with E-state index in [4.69, 9.17) is 10.5 Å². The van der Waals surface area contributed by atoms with Gasteiger partial charge in [-0.05, 0) is 13.8 Å². The lowest BCUT2D eigenvalue weighted by molar-refractivity contribution is 0.132. The van der Waals surface area contributed by atoms with E-state index in [2.05, 4.69) is 10.5 Å². The van der Waals surface area contributed by atoms with Crippen LogP contribution in [0.1, 0.15) is 13.8 Å². The molecule has 0 aromatic rings. The van der Waals surface area contributed by atoms with Gasteiger partial charge in [0.1, 0.15) is 0 Å². The Labute approximate surface area is 59.7 Å².